The van der Waals surface area contributed by atoms with Gasteiger partial charge in [0.15, 0.2) is 5.03 Å². The van der Waals surface area contributed by atoms with Gasteiger partial charge in [0.1, 0.15) is 0 Å². The summed E-state index contributed by atoms with van der Waals surface area (Å²) >= 11 is 0. The van der Waals surface area contributed by atoms with Crippen LogP contribution in [-0.2, 0) is 16.4 Å². The third-order valence-corrected chi connectivity index (χ3v) is 5.79. The van der Waals surface area contributed by atoms with Crippen molar-refractivity contribution in [2.75, 3.05) is 26.2 Å². The van der Waals surface area contributed by atoms with E-state index < -0.39 is 31.8 Å². The van der Waals surface area contributed by atoms with Crippen molar-refractivity contribution >= 4 is 15.7 Å². The van der Waals surface area contributed by atoms with Crippen molar-refractivity contribution in [1.29, 1.82) is 0 Å². The van der Waals surface area contributed by atoms with Crippen LogP contribution in [0.15, 0.2) is 47.9 Å². The van der Waals surface area contributed by atoms with E-state index in [1.54, 1.807) is 12.4 Å². The molecule has 0 spiro atoms. The molecule has 1 aliphatic heterocycles. The Balaban J connectivity index is 1.73. The highest BCUT2D eigenvalue weighted by atomic mass is 32.2. The minimum absolute atomic E-state index is 0.263. The summed E-state index contributed by atoms with van der Waals surface area (Å²) in [6, 6.07) is 6.03. The summed E-state index contributed by atoms with van der Waals surface area (Å²) < 4.78 is 62.2. The minimum atomic E-state index is -5.72. The normalized spacial score (nSPS) is 16.2. The first kappa shape index (κ1) is 20.2. The van der Waals surface area contributed by atoms with Gasteiger partial charge in [-0.25, -0.2) is 13.4 Å². The molecule has 0 saturated carbocycles. The molecule has 0 unspecified atom stereocenters. The lowest BCUT2D eigenvalue weighted by Crippen LogP contribution is -2.48. The van der Waals surface area contributed by atoms with Crippen molar-refractivity contribution in [3.05, 3.63) is 54.0 Å². The fourth-order valence-electron chi connectivity index (χ4n) is 2.91. The summed E-state index contributed by atoms with van der Waals surface area (Å²) in [7, 11) is -5.72. The lowest BCUT2D eigenvalue weighted by molar-refractivity contribution is -0.0438. The minimum Gasteiger partial charge on any atom is -0.336 e. The average molecular weight is 414 g/mol. The summed E-state index contributed by atoms with van der Waals surface area (Å²) in [6.45, 7) is 2.17. The maximum Gasteiger partial charge on any atom is 0.503 e. The van der Waals surface area contributed by atoms with Gasteiger partial charge in [-0.1, -0.05) is 6.07 Å². The fraction of sp³-hybridized carbons (Fsp3) is 0.353. The molecular formula is C17H17F3N4O3S. The van der Waals surface area contributed by atoms with E-state index in [1.807, 2.05) is 12.1 Å². The van der Waals surface area contributed by atoms with Gasteiger partial charge in [-0.15, -0.1) is 0 Å². The number of halogens is 3. The van der Waals surface area contributed by atoms with Crippen LogP contribution in [0.2, 0.25) is 0 Å². The molecule has 1 fully saturated rings. The number of sulfone groups is 1. The molecule has 28 heavy (non-hydrogen) atoms. The highest BCUT2D eigenvalue weighted by molar-refractivity contribution is 7.92. The summed E-state index contributed by atoms with van der Waals surface area (Å²) in [5.74, 6) is -0.781. The Bertz CT molecular complexity index is 944. The molecule has 2 aromatic heterocycles. The molecule has 1 amide bonds. The lowest BCUT2D eigenvalue weighted by Gasteiger charge is -2.34. The standard InChI is InChI=1S/C17H17F3N4O3S/c18-17(19,20)28(26,27)15-14(4-2-6-22-15)16(25)24-9-7-23(8-10-24)12-13-3-1-5-21-11-13/h1-6,11H,7-10,12H2. The molecule has 0 radical (unpaired) electrons. The summed E-state index contributed by atoms with van der Waals surface area (Å²) in [4.78, 5) is 23.5. The topological polar surface area (TPSA) is 83.5 Å². The maximum absolute atomic E-state index is 12.9. The quantitative estimate of drug-likeness (QED) is 0.758. The summed E-state index contributed by atoms with van der Waals surface area (Å²) in [5, 5.41) is -1.26. The third-order valence-electron chi connectivity index (χ3n) is 4.35. The Labute approximate surface area is 159 Å². The second-order valence-electron chi connectivity index (χ2n) is 6.23. The van der Waals surface area contributed by atoms with Gasteiger partial charge in [0.2, 0.25) is 0 Å². The van der Waals surface area contributed by atoms with E-state index in [0.717, 1.165) is 17.8 Å². The maximum atomic E-state index is 12.9. The van der Waals surface area contributed by atoms with Crippen molar-refractivity contribution in [2.24, 2.45) is 0 Å². The molecule has 0 bridgehead atoms. The molecule has 3 heterocycles. The van der Waals surface area contributed by atoms with Crippen LogP contribution in [0.25, 0.3) is 0 Å². The first-order chi connectivity index (χ1) is 13.2. The van der Waals surface area contributed by atoms with Crippen molar-refractivity contribution in [2.45, 2.75) is 17.1 Å². The van der Waals surface area contributed by atoms with Crippen molar-refractivity contribution in [3.63, 3.8) is 0 Å². The van der Waals surface area contributed by atoms with Crippen LogP contribution in [0.5, 0.6) is 0 Å². The number of alkyl halides is 3. The molecule has 150 valence electrons. The molecule has 11 heteroatoms. The molecule has 0 N–H and O–H groups in total. The highest BCUT2D eigenvalue weighted by Crippen LogP contribution is 2.31. The highest BCUT2D eigenvalue weighted by Gasteiger charge is 2.49. The monoisotopic (exact) mass is 414 g/mol. The second-order valence-corrected chi connectivity index (χ2v) is 8.09. The first-order valence-electron chi connectivity index (χ1n) is 8.37. The van der Waals surface area contributed by atoms with Crippen LogP contribution in [-0.4, -0.2) is 65.8 Å². The molecule has 0 aliphatic carbocycles. The van der Waals surface area contributed by atoms with E-state index in [4.69, 9.17) is 0 Å². The van der Waals surface area contributed by atoms with Gasteiger partial charge in [-0.2, -0.15) is 13.2 Å². The van der Waals surface area contributed by atoms with Crippen LogP contribution < -0.4 is 0 Å². The number of carbonyl (C=O) groups excluding carboxylic acids is 1. The number of amides is 1. The molecule has 7 nitrogen and oxygen atoms in total. The van der Waals surface area contributed by atoms with Crippen LogP contribution >= 0.6 is 0 Å². The zero-order chi connectivity index (χ0) is 20.4. The molecule has 3 rings (SSSR count). The lowest BCUT2D eigenvalue weighted by atomic mass is 10.2. The number of nitrogens with zero attached hydrogens (tertiary/aromatic N) is 4. The van der Waals surface area contributed by atoms with Crippen molar-refractivity contribution < 1.29 is 26.4 Å². The Morgan fingerprint density at radius 1 is 1.07 bits per heavy atom. The Hall–Kier alpha value is -2.53. The summed E-state index contributed by atoms with van der Waals surface area (Å²) in [6.07, 6.45) is 4.32. The van der Waals surface area contributed by atoms with E-state index in [9.17, 15) is 26.4 Å². The Morgan fingerprint density at radius 3 is 2.36 bits per heavy atom. The van der Waals surface area contributed by atoms with Crippen LogP contribution in [0.1, 0.15) is 15.9 Å². The Morgan fingerprint density at radius 2 is 1.75 bits per heavy atom. The molecule has 0 aromatic carbocycles. The van der Waals surface area contributed by atoms with Crippen molar-refractivity contribution in [3.8, 4) is 0 Å². The number of carbonyl (C=O) groups is 1. The fourth-order valence-corrected chi connectivity index (χ4v) is 3.77. The average Bonchev–Trinajstić information content (AvgIpc) is 2.68. The number of aromatic nitrogens is 2. The van der Waals surface area contributed by atoms with Gasteiger partial charge < -0.3 is 4.90 Å². The van der Waals surface area contributed by atoms with Crippen LogP contribution in [0.3, 0.4) is 0 Å². The van der Waals surface area contributed by atoms with Crippen LogP contribution in [0.4, 0.5) is 13.2 Å². The van der Waals surface area contributed by atoms with Gasteiger partial charge >= 0.3 is 5.51 Å². The van der Waals surface area contributed by atoms with E-state index in [1.165, 1.54) is 11.0 Å². The molecule has 1 aliphatic rings. The zero-order valence-electron chi connectivity index (χ0n) is 14.6. The van der Waals surface area contributed by atoms with Gasteiger partial charge in [-0.05, 0) is 23.8 Å². The Kier molecular flexibility index (Phi) is 5.66. The zero-order valence-corrected chi connectivity index (χ0v) is 15.4. The third kappa shape index (κ3) is 4.14. The predicted octanol–water partition coefficient (Wildman–Crippen LogP) is 1.73. The largest absolute Gasteiger partial charge is 0.503 e. The second kappa shape index (κ2) is 7.84. The number of rotatable bonds is 4. The first-order valence-corrected chi connectivity index (χ1v) is 9.85. The number of piperazine rings is 1. The van der Waals surface area contributed by atoms with E-state index in [2.05, 4.69) is 14.9 Å². The van der Waals surface area contributed by atoms with E-state index in [0.29, 0.717) is 19.6 Å². The smallest absolute Gasteiger partial charge is 0.336 e. The van der Waals surface area contributed by atoms with E-state index >= 15 is 0 Å². The van der Waals surface area contributed by atoms with Crippen LogP contribution in [0, 0.1) is 0 Å². The van der Waals surface area contributed by atoms with Gasteiger partial charge in [-0.3, -0.25) is 14.7 Å². The molecule has 1 saturated heterocycles. The van der Waals surface area contributed by atoms with Gasteiger partial charge in [0.05, 0.1) is 5.56 Å². The molecule has 2 aromatic rings. The number of hydrogen-bond acceptors (Lipinski definition) is 6. The van der Waals surface area contributed by atoms with Gasteiger partial charge in [0, 0.05) is 51.3 Å². The van der Waals surface area contributed by atoms with Crippen molar-refractivity contribution in [1.82, 2.24) is 19.8 Å². The predicted molar refractivity (Wildman–Crippen MR) is 92.9 cm³/mol. The number of hydrogen-bond donors (Lipinski definition) is 0. The SMILES string of the molecule is O=C(c1cccnc1S(=O)(=O)C(F)(F)F)N1CCN(Cc2cccnc2)CC1. The number of pyridine rings is 2. The van der Waals surface area contributed by atoms with Gasteiger partial charge in [0.25, 0.3) is 15.7 Å². The molecule has 0 atom stereocenters. The summed E-state index contributed by atoms with van der Waals surface area (Å²) in [5.41, 5.74) is -5.09. The molecular weight excluding hydrogens is 397 g/mol. The van der Waals surface area contributed by atoms with E-state index in [-0.39, 0.29) is 13.1 Å².